The summed E-state index contributed by atoms with van der Waals surface area (Å²) in [7, 11) is 0. The zero-order chi connectivity index (χ0) is 27.6. The number of fused-ring (bicyclic) bond motifs is 1. The first-order valence-corrected chi connectivity index (χ1v) is 13.2. The molecular weight excluding hydrogens is 494 g/mol. The summed E-state index contributed by atoms with van der Waals surface area (Å²) in [4.78, 5) is 29.0. The van der Waals surface area contributed by atoms with Gasteiger partial charge >= 0.3 is 0 Å². The number of phenols is 1. The summed E-state index contributed by atoms with van der Waals surface area (Å²) < 4.78 is 5.74. The summed E-state index contributed by atoms with van der Waals surface area (Å²) in [5.74, 6) is 0.724. The predicted octanol–water partition coefficient (Wildman–Crippen LogP) is 4.18. The van der Waals surface area contributed by atoms with Gasteiger partial charge in [0.25, 0.3) is 5.91 Å². The first-order valence-electron chi connectivity index (χ1n) is 13.2. The van der Waals surface area contributed by atoms with Gasteiger partial charge in [-0.1, -0.05) is 30.3 Å². The number of aromatic hydroxyl groups is 1. The third-order valence-corrected chi connectivity index (χ3v) is 6.59. The number of phenolic OH excluding ortho intramolecular Hbond substituents is 1. The van der Waals surface area contributed by atoms with Crippen molar-refractivity contribution in [1.82, 2.24) is 15.2 Å². The molecule has 4 aromatic rings. The number of aromatic nitrogens is 1. The average molecular weight is 529 g/mol. The quantitative estimate of drug-likeness (QED) is 0.194. The van der Waals surface area contributed by atoms with Crippen LogP contribution in [0.3, 0.4) is 0 Å². The van der Waals surface area contributed by atoms with E-state index in [0.717, 1.165) is 24.2 Å². The SMILES string of the molecule is CCN(CCCCNC[C@@H](O)c1ccc(O)c2[nH]c(=O)ccc12)C(=O)c1ccc(COc2c[c]ccc2)cc1. The van der Waals surface area contributed by atoms with E-state index in [4.69, 9.17) is 4.74 Å². The molecule has 1 radical (unpaired) electrons. The molecule has 0 spiro atoms. The molecule has 0 saturated heterocycles. The Morgan fingerprint density at radius 3 is 2.67 bits per heavy atom. The van der Waals surface area contributed by atoms with Crippen LogP contribution < -0.4 is 15.6 Å². The molecule has 0 fully saturated rings. The molecule has 203 valence electrons. The molecule has 4 N–H and O–H groups in total. The zero-order valence-electron chi connectivity index (χ0n) is 22.0. The number of hydrogen-bond acceptors (Lipinski definition) is 6. The summed E-state index contributed by atoms with van der Waals surface area (Å²) in [5, 5.41) is 24.6. The van der Waals surface area contributed by atoms with Crippen molar-refractivity contribution in [3.05, 3.63) is 106 Å². The number of nitrogens with zero attached hydrogens (tertiary/aromatic N) is 1. The second-order valence-corrected chi connectivity index (χ2v) is 9.32. The van der Waals surface area contributed by atoms with Crippen LogP contribution in [0.2, 0.25) is 0 Å². The Bertz CT molecular complexity index is 1420. The fraction of sp³-hybridized carbons (Fsp3) is 0.290. The normalized spacial score (nSPS) is 11.8. The molecule has 8 nitrogen and oxygen atoms in total. The lowest BCUT2D eigenvalue weighted by Crippen LogP contribution is -2.32. The van der Waals surface area contributed by atoms with Gasteiger partial charge in [-0.15, -0.1) is 0 Å². The lowest BCUT2D eigenvalue weighted by atomic mass is 10.0. The summed E-state index contributed by atoms with van der Waals surface area (Å²) in [5.41, 5.74) is 2.27. The Labute approximate surface area is 227 Å². The van der Waals surface area contributed by atoms with E-state index in [1.54, 1.807) is 18.2 Å². The van der Waals surface area contributed by atoms with Crippen molar-refractivity contribution in [2.75, 3.05) is 26.2 Å². The van der Waals surface area contributed by atoms with E-state index in [-0.39, 0.29) is 17.2 Å². The molecule has 0 aliphatic heterocycles. The second-order valence-electron chi connectivity index (χ2n) is 9.32. The van der Waals surface area contributed by atoms with E-state index in [9.17, 15) is 19.8 Å². The van der Waals surface area contributed by atoms with Crippen molar-refractivity contribution in [2.45, 2.75) is 32.5 Å². The minimum atomic E-state index is -0.799. The number of pyridine rings is 1. The number of benzene rings is 3. The van der Waals surface area contributed by atoms with Gasteiger partial charge in [-0.05, 0) is 79.9 Å². The Morgan fingerprint density at radius 1 is 1.10 bits per heavy atom. The van der Waals surface area contributed by atoms with Crippen LogP contribution in [0, 0.1) is 6.07 Å². The molecule has 8 heteroatoms. The van der Waals surface area contributed by atoms with Gasteiger partial charge in [0.15, 0.2) is 0 Å². The molecule has 0 aliphatic rings. The van der Waals surface area contributed by atoms with E-state index in [2.05, 4.69) is 16.4 Å². The summed E-state index contributed by atoms with van der Waals surface area (Å²) in [6.07, 6.45) is 0.867. The zero-order valence-corrected chi connectivity index (χ0v) is 22.0. The van der Waals surface area contributed by atoms with Crippen molar-refractivity contribution in [2.24, 2.45) is 0 Å². The third-order valence-electron chi connectivity index (χ3n) is 6.59. The predicted molar refractivity (Wildman–Crippen MR) is 151 cm³/mol. The van der Waals surface area contributed by atoms with E-state index in [1.807, 2.05) is 54.3 Å². The number of nitrogens with one attached hydrogen (secondary N) is 2. The number of aliphatic hydroxyl groups excluding tert-OH is 1. The number of hydrogen-bond donors (Lipinski definition) is 4. The van der Waals surface area contributed by atoms with Crippen molar-refractivity contribution < 1.29 is 19.7 Å². The molecule has 0 unspecified atom stereocenters. The van der Waals surface area contributed by atoms with Crippen molar-refractivity contribution >= 4 is 16.8 Å². The van der Waals surface area contributed by atoms with Gasteiger partial charge in [-0.25, -0.2) is 0 Å². The number of carbonyl (C=O) groups excluding carboxylic acids is 1. The fourth-order valence-corrected chi connectivity index (χ4v) is 4.41. The van der Waals surface area contributed by atoms with Crippen LogP contribution in [0.1, 0.15) is 47.4 Å². The fourth-order valence-electron chi connectivity index (χ4n) is 4.41. The van der Waals surface area contributed by atoms with Gasteiger partial charge in [0.2, 0.25) is 5.56 Å². The molecule has 3 aromatic carbocycles. The Morgan fingerprint density at radius 2 is 1.92 bits per heavy atom. The van der Waals surface area contributed by atoms with Gasteiger partial charge < -0.3 is 30.2 Å². The van der Waals surface area contributed by atoms with Gasteiger partial charge in [0.1, 0.15) is 18.1 Å². The number of amides is 1. The van der Waals surface area contributed by atoms with Crippen LogP contribution in [0.5, 0.6) is 11.5 Å². The van der Waals surface area contributed by atoms with Crippen molar-refractivity contribution in [1.29, 1.82) is 0 Å². The van der Waals surface area contributed by atoms with E-state index >= 15 is 0 Å². The molecule has 0 bridgehead atoms. The Hall–Kier alpha value is -4.14. The van der Waals surface area contributed by atoms with E-state index in [0.29, 0.717) is 54.8 Å². The highest BCUT2D eigenvalue weighted by Crippen LogP contribution is 2.28. The van der Waals surface area contributed by atoms with Crippen molar-refractivity contribution in [3.8, 4) is 11.5 Å². The van der Waals surface area contributed by atoms with Crippen LogP contribution >= 0.6 is 0 Å². The molecular formula is C31H34N3O5. The van der Waals surface area contributed by atoms with Crippen LogP contribution in [-0.4, -0.2) is 52.2 Å². The lowest BCUT2D eigenvalue weighted by Gasteiger charge is -2.21. The molecule has 1 aromatic heterocycles. The van der Waals surface area contributed by atoms with Crippen LogP contribution in [0.15, 0.2) is 77.6 Å². The van der Waals surface area contributed by atoms with E-state index < -0.39 is 6.10 Å². The summed E-state index contributed by atoms with van der Waals surface area (Å²) >= 11 is 0. The van der Waals surface area contributed by atoms with Gasteiger partial charge in [0.05, 0.1) is 11.6 Å². The van der Waals surface area contributed by atoms with E-state index in [1.165, 1.54) is 12.1 Å². The number of ether oxygens (including phenoxy) is 1. The summed E-state index contributed by atoms with van der Waals surface area (Å²) in [6.45, 7) is 4.67. The van der Waals surface area contributed by atoms with Gasteiger partial charge in [0, 0.05) is 36.7 Å². The molecule has 1 heterocycles. The number of H-pyrrole nitrogens is 1. The average Bonchev–Trinajstić information content (AvgIpc) is 2.96. The molecule has 0 saturated carbocycles. The standard InChI is InChI=1S/C31H34N3O5/c1-2-34(31(38)23-12-10-22(11-13-23)21-39-24-8-4-3-5-9-24)19-7-6-18-32-20-28(36)25-14-16-27(35)30-26(25)15-17-29(37)33-30/h3-4,8-17,28,32,35-36H,2,6-7,18-21H2,1H3,(H,33,37)/t28-/m1/s1. The first kappa shape index (κ1) is 27.9. The smallest absolute Gasteiger partial charge is 0.253 e. The van der Waals surface area contributed by atoms with Gasteiger partial charge in [-0.2, -0.15) is 0 Å². The minimum Gasteiger partial charge on any atom is -0.506 e. The van der Waals surface area contributed by atoms with Crippen LogP contribution in [0.4, 0.5) is 0 Å². The Balaban J connectivity index is 1.20. The number of carbonyl (C=O) groups is 1. The Kier molecular flexibility index (Phi) is 9.72. The van der Waals surface area contributed by atoms with Crippen LogP contribution in [-0.2, 0) is 6.61 Å². The highest BCUT2D eigenvalue weighted by atomic mass is 16.5. The second kappa shape index (κ2) is 13.6. The maximum absolute atomic E-state index is 13.0. The molecule has 1 atom stereocenters. The van der Waals surface area contributed by atoms with Gasteiger partial charge in [-0.3, -0.25) is 9.59 Å². The first-order chi connectivity index (χ1) is 19.0. The lowest BCUT2D eigenvalue weighted by molar-refractivity contribution is 0.0761. The van der Waals surface area contributed by atoms with Crippen LogP contribution in [0.25, 0.3) is 10.9 Å². The minimum absolute atomic E-state index is 0.00302. The third kappa shape index (κ3) is 7.46. The number of rotatable bonds is 13. The molecule has 4 rings (SSSR count). The number of unbranched alkanes of at least 4 members (excludes halogenated alkanes) is 1. The molecule has 1 amide bonds. The number of aromatic amines is 1. The topological polar surface area (TPSA) is 115 Å². The molecule has 39 heavy (non-hydrogen) atoms. The maximum Gasteiger partial charge on any atom is 0.253 e. The largest absolute Gasteiger partial charge is 0.506 e. The molecule has 0 aliphatic carbocycles. The highest BCUT2D eigenvalue weighted by molar-refractivity contribution is 5.94. The highest BCUT2D eigenvalue weighted by Gasteiger charge is 2.15. The summed E-state index contributed by atoms with van der Waals surface area (Å²) in [6, 6.07) is 24.0. The maximum atomic E-state index is 13.0. The number of aliphatic hydroxyl groups is 1. The monoisotopic (exact) mass is 528 g/mol. The van der Waals surface area contributed by atoms with Crippen molar-refractivity contribution in [3.63, 3.8) is 0 Å².